The minimum absolute atomic E-state index is 0.210. The summed E-state index contributed by atoms with van der Waals surface area (Å²) in [6, 6.07) is 2.10. The van der Waals surface area contributed by atoms with Crippen LogP contribution in [0.2, 0.25) is 0 Å². The highest BCUT2D eigenvalue weighted by Crippen LogP contribution is 2.19. The van der Waals surface area contributed by atoms with Gasteiger partial charge in [-0.25, -0.2) is 0 Å². The van der Waals surface area contributed by atoms with E-state index in [0.717, 1.165) is 0 Å². The summed E-state index contributed by atoms with van der Waals surface area (Å²) in [5.74, 6) is 0. The first-order chi connectivity index (χ1) is 5.00. The standard InChI is InChI=1S/C9H15N2/c1-9(2,3)8-5-6-11(4)10-7-8/h5-7H,1-4H3/q+1. The lowest BCUT2D eigenvalue weighted by Crippen LogP contribution is -2.32. The Morgan fingerprint density at radius 1 is 1.36 bits per heavy atom. The summed E-state index contributed by atoms with van der Waals surface area (Å²) in [5.41, 5.74) is 1.48. The van der Waals surface area contributed by atoms with Crippen LogP contribution in [0.25, 0.3) is 0 Å². The van der Waals surface area contributed by atoms with Crippen molar-refractivity contribution >= 4 is 0 Å². The zero-order valence-electron chi connectivity index (χ0n) is 7.63. The summed E-state index contributed by atoms with van der Waals surface area (Å²) in [4.78, 5) is 0. The molecule has 60 valence electrons. The maximum atomic E-state index is 4.16. The Balaban J connectivity index is 2.99. The van der Waals surface area contributed by atoms with Gasteiger partial charge in [0, 0.05) is 6.07 Å². The first-order valence-corrected chi connectivity index (χ1v) is 3.82. The number of aromatic nitrogens is 2. The lowest BCUT2D eigenvalue weighted by Gasteiger charge is -2.16. The lowest BCUT2D eigenvalue weighted by molar-refractivity contribution is -0.731. The summed E-state index contributed by atoms with van der Waals surface area (Å²) in [6.07, 6.45) is 3.89. The summed E-state index contributed by atoms with van der Waals surface area (Å²) in [5, 5.41) is 4.16. The van der Waals surface area contributed by atoms with E-state index in [9.17, 15) is 0 Å². The molecule has 2 nitrogen and oxygen atoms in total. The first kappa shape index (κ1) is 8.18. The second-order valence-corrected chi connectivity index (χ2v) is 3.84. The average Bonchev–Trinajstić information content (AvgIpc) is 1.86. The van der Waals surface area contributed by atoms with Crippen LogP contribution in [-0.4, -0.2) is 5.10 Å². The van der Waals surface area contributed by atoms with Crippen molar-refractivity contribution < 1.29 is 4.68 Å². The Hall–Kier alpha value is -0.920. The fraction of sp³-hybridized carbons (Fsp3) is 0.556. The van der Waals surface area contributed by atoms with Gasteiger partial charge >= 0.3 is 0 Å². The molecule has 0 radical (unpaired) electrons. The van der Waals surface area contributed by atoms with Crippen molar-refractivity contribution in [2.45, 2.75) is 26.2 Å². The van der Waals surface area contributed by atoms with Crippen molar-refractivity contribution in [3.05, 3.63) is 24.0 Å². The lowest BCUT2D eigenvalue weighted by atomic mass is 9.89. The van der Waals surface area contributed by atoms with Crippen molar-refractivity contribution in [2.24, 2.45) is 7.05 Å². The number of hydrogen-bond acceptors (Lipinski definition) is 1. The van der Waals surface area contributed by atoms with Crippen molar-refractivity contribution in [3.63, 3.8) is 0 Å². The smallest absolute Gasteiger partial charge is 0.0940 e. The van der Waals surface area contributed by atoms with Crippen LogP contribution < -0.4 is 4.68 Å². The van der Waals surface area contributed by atoms with Gasteiger partial charge in [-0.1, -0.05) is 25.5 Å². The maximum absolute atomic E-state index is 4.16. The highest BCUT2D eigenvalue weighted by Gasteiger charge is 2.14. The molecule has 0 N–H and O–H groups in total. The molecule has 0 bridgehead atoms. The monoisotopic (exact) mass is 151 g/mol. The summed E-state index contributed by atoms with van der Waals surface area (Å²) >= 11 is 0. The van der Waals surface area contributed by atoms with Crippen LogP contribution in [0.3, 0.4) is 0 Å². The van der Waals surface area contributed by atoms with E-state index in [0.29, 0.717) is 0 Å². The molecule has 1 rings (SSSR count). The normalized spacial score (nSPS) is 11.6. The molecule has 0 aromatic carbocycles. The van der Waals surface area contributed by atoms with E-state index in [4.69, 9.17) is 0 Å². The summed E-state index contributed by atoms with van der Waals surface area (Å²) in [7, 11) is 1.92. The molecular formula is C9H15N2+. The van der Waals surface area contributed by atoms with Gasteiger partial charge in [-0.15, -0.1) is 0 Å². The van der Waals surface area contributed by atoms with Crippen LogP contribution in [-0.2, 0) is 12.5 Å². The predicted molar refractivity (Wildman–Crippen MR) is 44.1 cm³/mol. The maximum Gasteiger partial charge on any atom is 0.196 e. The number of nitrogens with zero attached hydrogens (tertiary/aromatic N) is 2. The molecule has 0 fully saturated rings. The molecule has 0 saturated carbocycles. The minimum atomic E-state index is 0.210. The highest BCUT2D eigenvalue weighted by molar-refractivity contribution is 5.14. The zero-order valence-corrected chi connectivity index (χ0v) is 7.63. The third-order valence-electron chi connectivity index (χ3n) is 1.71. The van der Waals surface area contributed by atoms with Crippen LogP contribution >= 0.6 is 0 Å². The molecule has 1 aromatic rings. The molecule has 1 aromatic heterocycles. The van der Waals surface area contributed by atoms with Crippen LogP contribution in [0.5, 0.6) is 0 Å². The van der Waals surface area contributed by atoms with Gasteiger partial charge < -0.3 is 0 Å². The minimum Gasteiger partial charge on any atom is -0.0940 e. The van der Waals surface area contributed by atoms with Gasteiger partial charge in [-0.3, -0.25) is 0 Å². The van der Waals surface area contributed by atoms with E-state index in [-0.39, 0.29) is 5.41 Å². The predicted octanol–water partition coefficient (Wildman–Crippen LogP) is 1.20. The van der Waals surface area contributed by atoms with Crippen molar-refractivity contribution in [2.75, 3.05) is 0 Å². The zero-order chi connectivity index (χ0) is 8.48. The van der Waals surface area contributed by atoms with Crippen LogP contribution in [0.4, 0.5) is 0 Å². The molecule has 0 amide bonds. The quantitative estimate of drug-likeness (QED) is 0.509. The molecule has 0 aliphatic heterocycles. The van der Waals surface area contributed by atoms with Gasteiger partial charge in [0.05, 0.1) is 6.20 Å². The van der Waals surface area contributed by atoms with Gasteiger partial charge in [-0.2, -0.15) is 0 Å². The second-order valence-electron chi connectivity index (χ2n) is 3.84. The number of hydrogen-bond donors (Lipinski definition) is 0. The molecule has 1 heterocycles. The first-order valence-electron chi connectivity index (χ1n) is 3.82. The van der Waals surface area contributed by atoms with Gasteiger partial charge in [0.1, 0.15) is 0 Å². The molecule has 11 heavy (non-hydrogen) atoms. The molecule has 0 aliphatic rings. The third-order valence-corrected chi connectivity index (χ3v) is 1.71. The topological polar surface area (TPSA) is 16.8 Å². The molecule has 0 aliphatic carbocycles. The van der Waals surface area contributed by atoms with E-state index < -0.39 is 0 Å². The van der Waals surface area contributed by atoms with Crippen LogP contribution in [0.1, 0.15) is 26.3 Å². The molecule has 2 heteroatoms. The Kier molecular flexibility index (Phi) is 1.94. The SMILES string of the molecule is C[n+]1ccc(C(C)(C)C)cn1. The Morgan fingerprint density at radius 2 is 2.00 bits per heavy atom. The van der Waals surface area contributed by atoms with E-state index in [2.05, 4.69) is 31.9 Å². The van der Waals surface area contributed by atoms with Crippen LogP contribution in [0.15, 0.2) is 18.5 Å². The molecular weight excluding hydrogens is 136 g/mol. The van der Waals surface area contributed by atoms with E-state index in [1.807, 2.05) is 19.4 Å². The average molecular weight is 151 g/mol. The van der Waals surface area contributed by atoms with Crippen molar-refractivity contribution in [3.8, 4) is 0 Å². The molecule has 0 atom stereocenters. The Morgan fingerprint density at radius 3 is 2.36 bits per heavy atom. The highest BCUT2D eigenvalue weighted by atomic mass is 15.2. The van der Waals surface area contributed by atoms with Crippen LogP contribution in [0, 0.1) is 0 Å². The molecule has 0 spiro atoms. The van der Waals surface area contributed by atoms with E-state index in [1.54, 1.807) is 4.68 Å². The largest absolute Gasteiger partial charge is 0.196 e. The van der Waals surface area contributed by atoms with Crippen molar-refractivity contribution in [1.82, 2.24) is 5.10 Å². The van der Waals surface area contributed by atoms with E-state index >= 15 is 0 Å². The number of aryl methyl sites for hydroxylation is 1. The Labute approximate surface area is 67.9 Å². The molecule has 0 unspecified atom stereocenters. The molecule has 0 saturated heterocycles. The summed E-state index contributed by atoms with van der Waals surface area (Å²) < 4.78 is 1.80. The summed E-state index contributed by atoms with van der Waals surface area (Å²) in [6.45, 7) is 6.55. The Bertz CT molecular complexity index is 231. The van der Waals surface area contributed by atoms with Gasteiger partial charge in [0.25, 0.3) is 0 Å². The van der Waals surface area contributed by atoms with Gasteiger partial charge in [0.15, 0.2) is 13.2 Å². The van der Waals surface area contributed by atoms with Gasteiger partial charge in [-0.05, 0) is 16.1 Å². The van der Waals surface area contributed by atoms with Crippen molar-refractivity contribution in [1.29, 1.82) is 0 Å². The van der Waals surface area contributed by atoms with E-state index in [1.165, 1.54) is 5.56 Å². The second kappa shape index (κ2) is 2.61. The number of rotatable bonds is 0. The fourth-order valence-corrected chi connectivity index (χ4v) is 0.867. The third kappa shape index (κ3) is 2.00. The van der Waals surface area contributed by atoms with Gasteiger partial charge in [0.2, 0.25) is 0 Å². The fourth-order valence-electron chi connectivity index (χ4n) is 0.867.